The molecule has 1 aliphatic heterocycles. The van der Waals surface area contributed by atoms with E-state index in [4.69, 9.17) is 16.0 Å². The minimum Gasteiger partial charge on any atom is -0.459 e. The monoisotopic (exact) mass is 360 g/mol. The Hall–Kier alpha value is -2.27. The number of benzene rings is 1. The van der Waals surface area contributed by atoms with E-state index in [2.05, 4.69) is 0 Å². The summed E-state index contributed by atoms with van der Waals surface area (Å²) in [6, 6.07) is 10.8. The number of carbonyl (C=O) groups excluding carboxylic acids is 2. The first-order valence-electron chi connectivity index (χ1n) is 8.37. The van der Waals surface area contributed by atoms with Crippen LogP contribution in [0.4, 0.5) is 0 Å². The lowest BCUT2D eigenvalue weighted by Gasteiger charge is -2.33. The van der Waals surface area contributed by atoms with E-state index >= 15 is 0 Å². The van der Waals surface area contributed by atoms with Crippen LogP contribution in [0.2, 0.25) is 5.02 Å². The first-order chi connectivity index (χ1) is 12.0. The van der Waals surface area contributed by atoms with Gasteiger partial charge in [0.2, 0.25) is 5.91 Å². The summed E-state index contributed by atoms with van der Waals surface area (Å²) in [7, 11) is 1.80. The van der Waals surface area contributed by atoms with Gasteiger partial charge in [0.1, 0.15) is 0 Å². The predicted octanol–water partition coefficient (Wildman–Crippen LogP) is 3.44. The first kappa shape index (κ1) is 17.5. The van der Waals surface area contributed by atoms with Gasteiger partial charge in [-0.05, 0) is 42.7 Å². The molecule has 1 aliphatic rings. The Morgan fingerprint density at radius 2 is 2.04 bits per heavy atom. The van der Waals surface area contributed by atoms with E-state index in [1.807, 2.05) is 24.3 Å². The summed E-state index contributed by atoms with van der Waals surface area (Å²) in [5, 5.41) is 0.678. The summed E-state index contributed by atoms with van der Waals surface area (Å²) in [5.74, 6) is 0.0577. The third-order valence-electron chi connectivity index (χ3n) is 4.50. The van der Waals surface area contributed by atoms with Crippen LogP contribution in [0.1, 0.15) is 29.0 Å². The van der Waals surface area contributed by atoms with Crippen molar-refractivity contribution in [3.8, 4) is 0 Å². The average Bonchev–Trinajstić information content (AvgIpc) is 3.17. The van der Waals surface area contributed by atoms with Crippen LogP contribution in [0.5, 0.6) is 0 Å². The molecule has 5 nitrogen and oxygen atoms in total. The van der Waals surface area contributed by atoms with Gasteiger partial charge in [0.05, 0.1) is 12.2 Å². The van der Waals surface area contributed by atoms with Crippen LogP contribution in [-0.4, -0.2) is 41.8 Å². The second-order valence-electron chi connectivity index (χ2n) is 6.39. The SMILES string of the molecule is CN(Cc1ccc(Cl)cc1)C(=O)C1CCCN(C(=O)c2ccco2)C1. The predicted molar refractivity (Wildman–Crippen MR) is 95.3 cm³/mol. The molecule has 0 spiro atoms. The van der Waals surface area contributed by atoms with Crippen molar-refractivity contribution in [3.05, 3.63) is 59.0 Å². The van der Waals surface area contributed by atoms with E-state index in [1.54, 1.807) is 29.0 Å². The molecule has 2 heterocycles. The van der Waals surface area contributed by atoms with Crippen molar-refractivity contribution in [2.75, 3.05) is 20.1 Å². The lowest BCUT2D eigenvalue weighted by molar-refractivity contribution is -0.136. The van der Waals surface area contributed by atoms with E-state index in [-0.39, 0.29) is 17.7 Å². The highest BCUT2D eigenvalue weighted by molar-refractivity contribution is 6.30. The lowest BCUT2D eigenvalue weighted by atomic mass is 9.96. The van der Waals surface area contributed by atoms with Gasteiger partial charge in [0, 0.05) is 31.7 Å². The molecule has 1 saturated heterocycles. The van der Waals surface area contributed by atoms with Crippen molar-refractivity contribution >= 4 is 23.4 Å². The van der Waals surface area contributed by atoms with Gasteiger partial charge in [-0.15, -0.1) is 0 Å². The number of amides is 2. The molecule has 1 aromatic heterocycles. The molecule has 25 heavy (non-hydrogen) atoms. The third kappa shape index (κ3) is 4.23. The Kier molecular flexibility index (Phi) is 5.43. The van der Waals surface area contributed by atoms with Crippen LogP contribution in [0.15, 0.2) is 47.1 Å². The number of furan rings is 1. The maximum Gasteiger partial charge on any atom is 0.289 e. The maximum absolute atomic E-state index is 12.8. The Morgan fingerprint density at radius 3 is 2.72 bits per heavy atom. The van der Waals surface area contributed by atoms with Gasteiger partial charge >= 0.3 is 0 Å². The Morgan fingerprint density at radius 1 is 1.28 bits per heavy atom. The van der Waals surface area contributed by atoms with Crippen molar-refractivity contribution in [2.45, 2.75) is 19.4 Å². The van der Waals surface area contributed by atoms with Crippen molar-refractivity contribution in [2.24, 2.45) is 5.92 Å². The molecule has 0 saturated carbocycles. The van der Waals surface area contributed by atoms with Gasteiger partial charge < -0.3 is 14.2 Å². The molecule has 2 aromatic rings. The maximum atomic E-state index is 12.8. The largest absolute Gasteiger partial charge is 0.459 e. The Balaban J connectivity index is 1.61. The highest BCUT2D eigenvalue weighted by Gasteiger charge is 2.31. The summed E-state index contributed by atoms with van der Waals surface area (Å²) in [6.07, 6.45) is 3.10. The number of halogens is 1. The minimum absolute atomic E-state index is 0.0619. The Bertz CT molecular complexity index is 728. The van der Waals surface area contributed by atoms with Crippen molar-refractivity contribution in [3.63, 3.8) is 0 Å². The molecule has 0 bridgehead atoms. The van der Waals surface area contributed by atoms with Crippen molar-refractivity contribution < 1.29 is 14.0 Å². The average molecular weight is 361 g/mol. The standard InChI is InChI=1S/C19H21ClN2O3/c1-21(12-14-6-8-16(20)9-7-14)18(23)15-4-2-10-22(13-15)19(24)17-5-3-11-25-17/h3,5-9,11,15H,2,4,10,12-13H2,1H3. The van der Waals surface area contributed by atoms with E-state index in [9.17, 15) is 9.59 Å². The minimum atomic E-state index is -0.176. The summed E-state index contributed by atoms with van der Waals surface area (Å²) in [6.45, 7) is 1.62. The topological polar surface area (TPSA) is 53.8 Å². The first-order valence-corrected chi connectivity index (χ1v) is 8.74. The lowest BCUT2D eigenvalue weighted by Crippen LogP contribution is -2.45. The summed E-state index contributed by atoms with van der Waals surface area (Å²) < 4.78 is 5.18. The fourth-order valence-electron chi connectivity index (χ4n) is 3.17. The summed E-state index contributed by atoms with van der Waals surface area (Å²) in [5.41, 5.74) is 1.03. The molecule has 3 rings (SSSR count). The molecule has 0 radical (unpaired) electrons. The molecule has 1 unspecified atom stereocenters. The van der Waals surface area contributed by atoms with Crippen molar-refractivity contribution in [1.29, 1.82) is 0 Å². The van der Waals surface area contributed by atoms with Crippen LogP contribution in [-0.2, 0) is 11.3 Å². The van der Waals surface area contributed by atoms with Gasteiger partial charge in [0.25, 0.3) is 5.91 Å². The fraction of sp³-hybridized carbons (Fsp3) is 0.368. The zero-order valence-corrected chi connectivity index (χ0v) is 14.9. The van der Waals surface area contributed by atoms with Crippen LogP contribution in [0.25, 0.3) is 0 Å². The van der Waals surface area contributed by atoms with Gasteiger partial charge in [-0.25, -0.2) is 0 Å². The van der Waals surface area contributed by atoms with Gasteiger partial charge in [-0.1, -0.05) is 23.7 Å². The van der Waals surface area contributed by atoms with Crippen LogP contribution < -0.4 is 0 Å². The highest BCUT2D eigenvalue weighted by atomic mass is 35.5. The fourth-order valence-corrected chi connectivity index (χ4v) is 3.30. The third-order valence-corrected chi connectivity index (χ3v) is 4.75. The molecule has 6 heteroatoms. The van der Waals surface area contributed by atoms with Gasteiger partial charge in [0.15, 0.2) is 5.76 Å². The molecule has 1 aromatic carbocycles. The van der Waals surface area contributed by atoms with Crippen LogP contribution in [0, 0.1) is 5.92 Å². The van der Waals surface area contributed by atoms with E-state index < -0.39 is 0 Å². The molecule has 1 atom stereocenters. The summed E-state index contributed by atoms with van der Waals surface area (Å²) >= 11 is 5.89. The molecule has 1 fully saturated rings. The number of hydrogen-bond acceptors (Lipinski definition) is 3. The van der Waals surface area contributed by atoms with Crippen LogP contribution in [0.3, 0.4) is 0 Å². The van der Waals surface area contributed by atoms with E-state index in [1.165, 1.54) is 6.26 Å². The molecular formula is C19H21ClN2O3. The molecule has 132 valence electrons. The number of nitrogens with zero attached hydrogens (tertiary/aromatic N) is 2. The normalized spacial score (nSPS) is 17.4. The zero-order chi connectivity index (χ0) is 17.8. The van der Waals surface area contributed by atoms with Crippen LogP contribution >= 0.6 is 11.6 Å². The number of carbonyl (C=O) groups is 2. The van der Waals surface area contributed by atoms with Gasteiger partial charge in [-0.2, -0.15) is 0 Å². The molecule has 2 amide bonds. The van der Waals surface area contributed by atoms with Gasteiger partial charge in [-0.3, -0.25) is 9.59 Å². The highest BCUT2D eigenvalue weighted by Crippen LogP contribution is 2.21. The van der Waals surface area contributed by atoms with Crippen molar-refractivity contribution in [1.82, 2.24) is 9.80 Å². The van der Waals surface area contributed by atoms with E-state index in [0.29, 0.717) is 30.4 Å². The number of likely N-dealkylation sites (tertiary alicyclic amines) is 1. The second-order valence-corrected chi connectivity index (χ2v) is 6.82. The molecular weight excluding hydrogens is 340 g/mol. The Labute approximate surface area is 152 Å². The second kappa shape index (κ2) is 7.74. The van der Waals surface area contributed by atoms with E-state index in [0.717, 1.165) is 18.4 Å². The zero-order valence-electron chi connectivity index (χ0n) is 14.2. The number of piperidine rings is 1. The number of hydrogen-bond donors (Lipinski definition) is 0. The smallest absolute Gasteiger partial charge is 0.289 e. The quantitative estimate of drug-likeness (QED) is 0.839. The molecule has 0 N–H and O–H groups in total. The molecule has 0 aliphatic carbocycles. The number of rotatable bonds is 4. The summed E-state index contributed by atoms with van der Waals surface area (Å²) in [4.78, 5) is 28.6.